The summed E-state index contributed by atoms with van der Waals surface area (Å²) in [4.78, 5) is 2.10. The molecule has 2 rings (SSSR count). The van der Waals surface area contributed by atoms with Crippen molar-refractivity contribution in [1.82, 2.24) is 0 Å². The van der Waals surface area contributed by atoms with Gasteiger partial charge in [0.15, 0.2) is 0 Å². The van der Waals surface area contributed by atoms with Gasteiger partial charge >= 0.3 is 0 Å². The molecule has 1 aromatic rings. The van der Waals surface area contributed by atoms with Crippen LogP contribution in [0.15, 0.2) is 24.3 Å². The summed E-state index contributed by atoms with van der Waals surface area (Å²) < 4.78 is 19.1. The smallest absolute Gasteiger partial charge is 0.146 e. The number of piperidine rings is 1. The second kappa shape index (κ2) is 5.30. The maximum Gasteiger partial charge on any atom is 0.146 e. The van der Waals surface area contributed by atoms with E-state index >= 15 is 0 Å². The summed E-state index contributed by atoms with van der Waals surface area (Å²) in [5, 5.41) is 0. The van der Waals surface area contributed by atoms with Crippen LogP contribution in [0.1, 0.15) is 19.8 Å². The highest BCUT2D eigenvalue weighted by Crippen LogP contribution is 2.23. The van der Waals surface area contributed by atoms with E-state index in [4.69, 9.17) is 4.74 Å². The molecular weight excluding hydrogens is 205 g/mol. The quantitative estimate of drug-likeness (QED) is 0.781. The Balaban J connectivity index is 1.96. The van der Waals surface area contributed by atoms with Crippen LogP contribution < -0.4 is 4.90 Å². The normalized spacial score (nSPS) is 17.8. The molecule has 2 nitrogen and oxygen atoms in total. The topological polar surface area (TPSA) is 12.5 Å². The molecule has 0 spiro atoms. The summed E-state index contributed by atoms with van der Waals surface area (Å²) in [5.74, 6) is -0.127. The molecule has 16 heavy (non-hydrogen) atoms. The lowest BCUT2D eigenvalue weighted by Gasteiger charge is -2.33. The van der Waals surface area contributed by atoms with Crippen molar-refractivity contribution < 1.29 is 9.13 Å². The molecule has 1 saturated heterocycles. The van der Waals surface area contributed by atoms with Crippen LogP contribution in [-0.2, 0) is 4.74 Å². The van der Waals surface area contributed by atoms with Gasteiger partial charge in [0.25, 0.3) is 0 Å². The predicted octanol–water partition coefficient (Wildman–Crippen LogP) is 2.83. The van der Waals surface area contributed by atoms with Crippen LogP contribution in [-0.4, -0.2) is 25.8 Å². The molecule has 3 heteroatoms. The van der Waals surface area contributed by atoms with Gasteiger partial charge in [-0.25, -0.2) is 4.39 Å². The lowest BCUT2D eigenvalue weighted by molar-refractivity contribution is 0.0458. The summed E-state index contributed by atoms with van der Waals surface area (Å²) in [5.41, 5.74) is 0.720. The molecule has 0 N–H and O–H groups in total. The Labute approximate surface area is 96.0 Å². The number of benzene rings is 1. The van der Waals surface area contributed by atoms with E-state index in [9.17, 15) is 4.39 Å². The molecule has 0 amide bonds. The third-order valence-electron chi connectivity index (χ3n) is 3.04. The minimum Gasteiger partial charge on any atom is -0.378 e. The predicted molar refractivity (Wildman–Crippen MR) is 63.3 cm³/mol. The van der Waals surface area contributed by atoms with Gasteiger partial charge in [0.05, 0.1) is 11.8 Å². The molecule has 0 bridgehead atoms. The van der Waals surface area contributed by atoms with Gasteiger partial charge in [0.1, 0.15) is 5.82 Å². The third kappa shape index (κ3) is 2.53. The first-order chi connectivity index (χ1) is 7.81. The molecule has 1 heterocycles. The number of hydrogen-bond acceptors (Lipinski definition) is 2. The Morgan fingerprint density at radius 2 is 2.00 bits per heavy atom. The Morgan fingerprint density at radius 3 is 2.62 bits per heavy atom. The van der Waals surface area contributed by atoms with E-state index in [1.165, 1.54) is 6.07 Å². The maximum absolute atomic E-state index is 13.5. The number of ether oxygens (including phenoxy) is 1. The minimum absolute atomic E-state index is 0.127. The van der Waals surface area contributed by atoms with Crippen LogP contribution >= 0.6 is 0 Å². The number of nitrogens with zero attached hydrogens (tertiary/aromatic N) is 1. The fourth-order valence-corrected chi connectivity index (χ4v) is 2.21. The van der Waals surface area contributed by atoms with Crippen LogP contribution in [0.2, 0.25) is 0 Å². The molecule has 1 aromatic carbocycles. The van der Waals surface area contributed by atoms with Crippen LogP contribution in [0.3, 0.4) is 0 Å². The Morgan fingerprint density at radius 1 is 1.31 bits per heavy atom. The van der Waals surface area contributed by atoms with Gasteiger partial charge in [-0.1, -0.05) is 12.1 Å². The van der Waals surface area contributed by atoms with Crippen molar-refractivity contribution in [3.05, 3.63) is 30.1 Å². The molecular formula is C13H18FNO. The molecule has 1 fully saturated rings. The standard InChI is InChI=1S/C13H18FNO/c1-2-16-11-7-9-15(10-8-11)13-6-4-3-5-12(13)14/h3-6,11H,2,7-10H2,1H3. The van der Waals surface area contributed by atoms with Crippen molar-refractivity contribution in [2.45, 2.75) is 25.9 Å². The number of anilines is 1. The Hall–Kier alpha value is -1.09. The van der Waals surface area contributed by atoms with E-state index in [-0.39, 0.29) is 5.82 Å². The van der Waals surface area contributed by atoms with E-state index < -0.39 is 0 Å². The highest BCUT2D eigenvalue weighted by Gasteiger charge is 2.20. The van der Waals surface area contributed by atoms with Gasteiger partial charge < -0.3 is 9.64 Å². The minimum atomic E-state index is -0.127. The first-order valence-electron chi connectivity index (χ1n) is 5.92. The second-order valence-corrected chi connectivity index (χ2v) is 4.09. The second-order valence-electron chi connectivity index (χ2n) is 4.09. The van der Waals surface area contributed by atoms with Crippen molar-refractivity contribution in [2.24, 2.45) is 0 Å². The zero-order valence-corrected chi connectivity index (χ0v) is 9.66. The fourth-order valence-electron chi connectivity index (χ4n) is 2.21. The fraction of sp³-hybridized carbons (Fsp3) is 0.538. The highest BCUT2D eigenvalue weighted by molar-refractivity contribution is 5.47. The van der Waals surface area contributed by atoms with Crippen molar-refractivity contribution in [2.75, 3.05) is 24.6 Å². The molecule has 0 saturated carbocycles. The molecule has 0 atom stereocenters. The summed E-state index contributed by atoms with van der Waals surface area (Å²) in [7, 11) is 0. The van der Waals surface area contributed by atoms with Crippen molar-refractivity contribution in [1.29, 1.82) is 0 Å². The first kappa shape index (κ1) is 11.4. The van der Waals surface area contributed by atoms with Gasteiger partial charge in [-0.2, -0.15) is 0 Å². The summed E-state index contributed by atoms with van der Waals surface area (Å²) in [6.07, 6.45) is 2.33. The molecule has 0 aromatic heterocycles. The number of rotatable bonds is 3. The van der Waals surface area contributed by atoms with Crippen LogP contribution in [0.4, 0.5) is 10.1 Å². The Bertz CT molecular complexity index is 334. The molecule has 1 aliphatic rings. The summed E-state index contributed by atoms with van der Waals surface area (Å²) >= 11 is 0. The Kier molecular flexibility index (Phi) is 3.78. The van der Waals surface area contributed by atoms with Gasteiger partial charge in [-0.3, -0.25) is 0 Å². The summed E-state index contributed by atoms with van der Waals surface area (Å²) in [6, 6.07) is 6.97. The van der Waals surface area contributed by atoms with Crippen molar-refractivity contribution in [3.63, 3.8) is 0 Å². The first-order valence-corrected chi connectivity index (χ1v) is 5.92. The van der Waals surface area contributed by atoms with Gasteiger partial charge in [0.2, 0.25) is 0 Å². The number of halogens is 1. The van der Waals surface area contributed by atoms with E-state index in [0.717, 1.165) is 38.2 Å². The van der Waals surface area contributed by atoms with Crippen molar-refractivity contribution in [3.8, 4) is 0 Å². The zero-order chi connectivity index (χ0) is 11.4. The summed E-state index contributed by atoms with van der Waals surface area (Å²) in [6.45, 7) is 4.55. The average Bonchev–Trinajstić information content (AvgIpc) is 2.31. The SMILES string of the molecule is CCOC1CCN(c2ccccc2F)CC1. The van der Waals surface area contributed by atoms with E-state index in [0.29, 0.717) is 6.10 Å². The number of para-hydroxylation sites is 1. The van der Waals surface area contributed by atoms with E-state index in [1.54, 1.807) is 6.07 Å². The molecule has 1 aliphatic heterocycles. The van der Waals surface area contributed by atoms with Gasteiger partial charge in [-0.15, -0.1) is 0 Å². The highest BCUT2D eigenvalue weighted by atomic mass is 19.1. The van der Waals surface area contributed by atoms with Crippen LogP contribution in [0.5, 0.6) is 0 Å². The van der Waals surface area contributed by atoms with E-state index in [1.807, 2.05) is 19.1 Å². The van der Waals surface area contributed by atoms with Crippen LogP contribution in [0.25, 0.3) is 0 Å². The van der Waals surface area contributed by atoms with Gasteiger partial charge in [0, 0.05) is 19.7 Å². The van der Waals surface area contributed by atoms with E-state index in [2.05, 4.69) is 4.90 Å². The third-order valence-corrected chi connectivity index (χ3v) is 3.04. The lowest BCUT2D eigenvalue weighted by Crippen LogP contribution is -2.37. The lowest BCUT2D eigenvalue weighted by atomic mass is 10.1. The monoisotopic (exact) mass is 223 g/mol. The molecule has 0 unspecified atom stereocenters. The number of hydrogen-bond donors (Lipinski definition) is 0. The van der Waals surface area contributed by atoms with Crippen molar-refractivity contribution >= 4 is 5.69 Å². The van der Waals surface area contributed by atoms with Crippen LogP contribution in [0, 0.1) is 5.82 Å². The zero-order valence-electron chi connectivity index (χ0n) is 9.66. The average molecular weight is 223 g/mol. The maximum atomic E-state index is 13.5. The molecule has 88 valence electrons. The van der Waals surface area contributed by atoms with Gasteiger partial charge in [-0.05, 0) is 31.9 Å². The largest absolute Gasteiger partial charge is 0.378 e. The molecule has 0 aliphatic carbocycles. The molecule has 0 radical (unpaired) electrons.